The van der Waals surface area contributed by atoms with Crippen LogP contribution in [0.3, 0.4) is 0 Å². The lowest BCUT2D eigenvalue weighted by atomic mass is 10.2. The highest BCUT2D eigenvalue weighted by Gasteiger charge is 2.13. The molecule has 9 heteroatoms. The standard InChI is InChI=1S/C11H14N6O3/c1-8-9(6-15(2)13-8)5-12-11(18)7-16-4-3-10(14-16)17(19)20/h3-4,6H,5,7H2,1-2H3,(H,12,18). The first-order chi connectivity index (χ1) is 9.45. The number of hydrogen-bond donors (Lipinski definition) is 1. The molecule has 2 aromatic heterocycles. The SMILES string of the molecule is Cc1nn(C)cc1CNC(=O)Cn1ccc([N+](=O)[O-])n1. The van der Waals surface area contributed by atoms with Crippen molar-refractivity contribution in [3.05, 3.63) is 39.8 Å². The minimum Gasteiger partial charge on any atom is -0.358 e. The van der Waals surface area contributed by atoms with Gasteiger partial charge in [0, 0.05) is 25.4 Å². The van der Waals surface area contributed by atoms with E-state index in [1.54, 1.807) is 11.7 Å². The average Bonchev–Trinajstić information content (AvgIpc) is 2.94. The number of nitrogens with one attached hydrogen (secondary N) is 1. The Bertz CT molecular complexity index is 644. The fourth-order valence-corrected chi connectivity index (χ4v) is 1.76. The molecule has 0 radical (unpaired) electrons. The lowest BCUT2D eigenvalue weighted by Crippen LogP contribution is -2.27. The van der Waals surface area contributed by atoms with Crippen molar-refractivity contribution in [1.82, 2.24) is 24.9 Å². The number of aromatic nitrogens is 4. The van der Waals surface area contributed by atoms with Crippen LogP contribution in [0.1, 0.15) is 11.3 Å². The van der Waals surface area contributed by atoms with Gasteiger partial charge in [0.15, 0.2) is 0 Å². The predicted octanol–water partition coefficient (Wildman–Crippen LogP) is 0.150. The molecule has 0 aromatic carbocycles. The fourth-order valence-electron chi connectivity index (χ4n) is 1.76. The Morgan fingerprint density at radius 3 is 2.80 bits per heavy atom. The zero-order valence-corrected chi connectivity index (χ0v) is 11.1. The number of rotatable bonds is 5. The van der Waals surface area contributed by atoms with E-state index in [2.05, 4.69) is 15.5 Å². The summed E-state index contributed by atoms with van der Waals surface area (Å²) in [6, 6.07) is 1.25. The van der Waals surface area contributed by atoms with Crippen LogP contribution in [-0.2, 0) is 24.9 Å². The molecule has 0 aliphatic carbocycles. The van der Waals surface area contributed by atoms with Crippen molar-refractivity contribution < 1.29 is 9.72 Å². The number of carbonyl (C=O) groups is 1. The number of aryl methyl sites for hydroxylation is 2. The normalized spacial score (nSPS) is 10.5. The Labute approximate surface area is 114 Å². The van der Waals surface area contributed by atoms with E-state index in [4.69, 9.17) is 0 Å². The van der Waals surface area contributed by atoms with Crippen LogP contribution in [0.15, 0.2) is 18.5 Å². The fraction of sp³-hybridized carbons (Fsp3) is 0.364. The van der Waals surface area contributed by atoms with Crippen LogP contribution < -0.4 is 5.32 Å². The van der Waals surface area contributed by atoms with Gasteiger partial charge in [0.2, 0.25) is 5.91 Å². The van der Waals surface area contributed by atoms with Gasteiger partial charge in [-0.1, -0.05) is 0 Å². The Morgan fingerprint density at radius 2 is 2.25 bits per heavy atom. The second-order valence-electron chi connectivity index (χ2n) is 4.32. The molecule has 0 aliphatic rings. The van der Waals surface area contributed by atoms with Crippen LogP contribution in [0.25, 0.3) is 0 Å². The van der Waals surface area contributed by atoms with E-state index in [1.165, 1.54) is 16.9 Å². The number of amides is 1. The van der Waals surface area contributed by atoms with Crippen molar-refractivity contribution in [2.24, 2.45) is 7.05 Å². The smallest absolute Gasteiger partial charge is 0.358 e. The zero-order valence-electron chi connectivity index (χ0n) is 11.1. The zero-order chi connectivity index (χ0) is 14.7. The van der Waals surface area contributed by atoms with Crippen LogP contribution in [0.4, 0.5) is 5.82 Å². The highest BCUT2D eigenvalue weighted by Crippen LogP contribution is 2.06. The van der Waals surface area contributed by atoms with Gasteiger partial charge in [-0.2, -0.15) is 9.78 Å². The summed E-state index contributed by atoms with van der Waals surface area (Å²) in [6.45, 7) is 2.16. The quantitative estimate of drug-likeness (QED) is 0.618. The summed E-state index contributed by atoms with van der Waals surface area (Å²) in [5.41, 5.74) is 1.77. The highest BCUT2D eigenvalue weighted by atomic mass is 16.6. The summed E-state index contributed by atoms with van der Waals surface area (Å²) in [5, 5.41) is 21.0. The molecule has 106 valence electrons. The van der Waals surface area contributed by atoms with Gasteiger partial charge in [0.1, 0.15) is 6.54 Å². The van der Waals surface area contributed by atoms with E-state index in [-0.39, 0.29) is 18.3 Å². The highest BCUT2D eigenvalue weighted by molar-refractivity contribution is 5.75. The maximum atomic E-state index is 11.7. The molecule has 0 aliphatic heterocycles. The number of carbonyl (C=O) groups excluding carboxylic acids is 1. The molecule has 0 spiro atoms. The molecule has 0 fully saturated rings. The predicted molar refractivity (Wildman–Crippen MR) is 68.7 cm³/mol. The molecule has 1 N–H and O–H groups in total. The van der Waals surface area contributed by atoms with E-state index in [9.17, 15) is 14.9 Å². The van der Waals surface area contributed by atoms with Crippen LogP contribution in [0.5, 0.6) is 0 Å². The molecule has 0 saturated heterocycles. The van der Waals surface area contributed by atoms with Crippen molar-refractivity contribution in [3.63, 3.8) is 0 Å². The summed E-state index contributed by atoms with van der Waals surface area (Å²) in [6.07, 6.45) is 3.22. The second-order valence-corrected chi connectivity index (χ2v) is 4.32. The Morgan fingerprint density at radius 1 is 1.50 bits per heavy atom. The summed E-state index contributed by atoms with van der Waals surface area (Å²) in [5.74, 6) is -0.549. The molecule has 0 saturated carbocycles. The largest absolute Gasteiger partial charge is 0.389 e. The molecule has 9 nitrogen and oxygen atoms in total. The van der Waals surface area contributed by atoms with Crippen LogP contribution >= 0.6 is 0 Å². The van der Waals surface area contributed by atoms with Crippen molar-refractivity contribution in [3.8, 4) is 0 Å². The molecule has 0 bridgehead atoms. The summed E-state index contributed by atoms with van der Waals surface area (Å²) >= 11 is 0. The summed E-state index contributed by atoms with van der Waals surface area (Å²) in [4.78, 5) is 21.6. The number of hydrogen-bond acceptors (Lipinski definition) is 5. The molecular formula is C11H14N6O3. The van der Waals surface area contributed by atoms with Gasteiger partial charge in [-0.05, 0) is 11.8 Å². The van der Waals surface area contributed by atoms with Gasteiger partial charge in [-0.25, -0.2) is 0 Å². The first-order valence-electron chi connectivity index (χ1n) is 5.89. The monoisotopic (exact) mass is 278 g/mol. The van der Waals surface area contributed by atoms with Crippen LogP contribution in [-0.4, -0.2) is 30.4 Å². The summed E-state index contributed by atoms with van der Waals surface area (Å²) < 4.78 is 2.90. The molecule has 0 unspecified atom stereocenters. The van der Waals surface area contributed by atoms with Crippen molar-refractivity contribution in [1.29, 1.82) is 0 Å². The van der Waals surface area contributed by atoms with Gasteiger partial charge in [0.05, 0.1) is 23.1 Å². The molecule has 2 rings (SSSR count). The van der Waals surface area contributed by atoms with Crippen molar-refractivity contribution >= 4 is 11.7 Å². The van der Waals surface area contributed by atoms with E-state index < -0.39 is 4.92 Å². The van der Waals surface area contributed by atoms with E-state index in [1.807, 2.05) is 13.1 Å². The molecule has 1 amide bonds. The first-order valence-corrected chi connectivity index (χ1v) is 5.89. The summed E-state index contributed by atoms with van der Waals surface area (Å²) in [7, 11) is 1.81. The number of nitro groups is 1. The Hall–Kier alpha value is -2.71. The average molecular weight is 278 g/mol. The third-order valence-electron chi connectivity index (χ3n) is 2.71. The molecule has 0 atom stereocenters. The minimum absolute atomic E-state index is 0.0624. The maximum absolute atomic E-state index is 11.7. The van der Waals surface area contributed by atoms with Crippen LogP contribution in [0, 0.1) is 17.0 Å². The van der Waals surface area contributed by atoms with Gasteiger partial charge in [-0.15, -0.1) is 0 Å². The Kier molecular flexibility index (Phi) is 3.78. The minimum atomic E-state index is -0.604. The van der Waals surface area contributed by atoms with Gasteiger partial charge >= 0.3 is 5.82 Å². The van der Waals surface area contributed by atoms with E-state index in [0.717, 1.165) is 11.3 Å². The topological polar surface area (TPSA) is 108 Å². The second kappa shape index (κ2) is 5.51. The molecule has 2 heterocycles. The third-order valence-corrected chi connectivity index (χ3v) is 2.71. The van der Waals surface area contributed by atoms with E-state index in [0.29, 0.717) is 6.54 Å². The Balaban J connectivity index is 1.89. The number of nitrogens with zero attached hydrogens (tertiary/aromatic N) is 5. The molecule has 20 heavy (non-hydrogen) atoms. The van der Waals surface area contributed by atoms with Gasteiger partial charge < -0.3 is 15.4 Å². The van der Waals surface area contributed by atoms with Gasteiger partial charge in [-0.3, -0.25) is 9.48 Å². The molecular weight excluding hydrogens is 264 g/mol. The molecule has 2 aromatic rings. The van der Waals surface area contributed by atoms with E-state index >= 15 is 0 Å². The van der Waals surface area contributed by atoms with Gasteiger partial charge in [0.25, 0.3) is 0 Å². The van der Waals surface area contributed by atoms with Crippen LogP contribution in [0.2, 0.25) is 0 Å². The lowest BCUT2D eigenvalue weighted by molar-refractivity contribution is -0.389. The third kappa shape index (κ3) is 3.19. The van der Waals surface area contributed by atoms with Crippen molar-refractivity contribution in [2.45, 2.75) is 20.0 Å². The lowest BCUT2D eigenvalue weighted by Gasteiger charge is -2.02. The maximum Gasteiger partial charge on any atom is 0.389 e. The van der Waals surface area contributed by atoms with Crippen molar-refractivity contribution in [2.75, 3.05) is 0 Å². The first kappa shape index (κ1) is 13.7.